The second-order valence-corrected chi connectivity index (χ2v) is 6.04. The Labute approximate surface area is 169 Å². The minimum atomic E-state index is -0.315. The highest BCUT2D eigenvalue weighted by atomic mass is 16.5. The lowest BCUT2D eigenvalue weighted by Crippen LogP contribution is -2.13. The molecule has 0 unspecified atom stereocenters. The fourth-order valence-electron chi connectivity index (χ4n) is 2.68. The number of nitrogens with zero attached hydrogens (tertiary/aromatic N) is 1. The quantitative estimate of drug-likeness (QED) is 0.587. The first-order chi connectivity index (χ1) is 14.1. The zero-order valence-corrected chi connectivity index (χ0v) is 16.6. The molecule has 150 valence electrons. The molecule has 1 amide bonds. The number of carbonyl (C=O) groups excluding carboxylic acids is 1. The van der Waals surface area contributed by atoms with Crippen LogP contribution in [-0.2, 0) is 0 Å². The SMILES string of the molecule is CCOc1ccc(Nc2ccc(C(=O)Nc3ccc(OC)c(OC)c3)nc2)cc1. The van der Waals surface area contributed by atoms with E-state index >= 15 is 0 Å². The van der Waals surface area contributed by atoms with Crippen LogP contribution in [0.3, 0.4) is 0 Å². The molecule has 0 radical (unpaired) electrons. The lowest BCUT2D eigenvalue weighted by molar-refractivity contribution is 0.102. The number of anilines is 3. The van der Waals surface area contributed by atoms with Gasteiger partial charge in [-0.05, 0) is 55.5 Å². The van der Waals surface area contributed by atoms with Gasteiger partial charge in [0, 0.05) is 17.4 Å². The molecule has 2 N–H and O–H groups in total. The molecule has 3 rings (SSSR count). The van der Waals surface area contributed by atoms with E-state index in [-0.39, 0.29) is 5.91 Å². The Morgan fingerprint density at radius 3 is 2.21 bits per heavy atom. The zero-order chi connectivity index (χ0) is 20.6. The molecular weight excluding hydrogens is 370 g/mol. The normalized spacial score (nSPS) is 10.2. The number of ether oxygens (including phenoxy) is 3. The van der Waals surface area contributed by atoms with Crippen LogP contribution in [-0.4, -0.2) is 31.7 Å². The third-order valence-corrected chi connectivity index (χ3v) is 4.09. The Morgan fingerprint density at radius 2 is 1.59 bits per heavy atom. The van der Waals surface area contributed by atoms with E-state index in [4.69, 9.17) is 14.2 Å². The van der Waals surface area contributed by atoms with Crippen LogP contribution in [0.1, 0.15) is 17.4 Å². The van der Waals surface area contributed by atoms with Gasteiger partial charge >= 0.3 is 0 Å². The van der Waals surface area contributed by atoms with Crippen molar-refractivity contribution in [3.05, 3.63) is 66.5 Å². The summed E-state index contributed by atoms with van der Waals surface area (Å²) in [5.74, 6) is 1.63. The van der Waals surface area contributed by atoms with Gasteiger partial charge in [0.15, 0.2) is 11.5 Å². The number of carbonyl (C=O) groups is 1. The topological polar surface area (TPSA) is 81.7 Å². The van der Waals surface area contributed by atoms with E-state index in [0.717, 1.165) is 17.1 Å². The van der Waals surface area contributed by atoms with Gasteiger partial charge in [-0.1, -0.05) is 0 Å². The van der Waals surface area contributed by atoms with Crippen LogP contribution in [0.2, 0.25) is 0 Å². The first-order valence-electron chi connectivity index (χ1n) is 9.12. The van der Waals surface area contributed by atoms with Crippen molar-refractivity contribution in [2.45, 2.75) is 6.92 Å². The monoisotopic (exact) mass is 393 g/mol. The van der Waals surface area contributed by atoms with E-state index < -0.39 is 0 Å². The highest BCUT2D eigenvalue weighted by Crippen LogP contribution is 2.30. The average Bonchev–Trinajstić information content (AvgIpc) is 2.75. The molecule has 2 aromatic carbocycles. The van der Waals surface area contributed by atoms with Crippen LogP contribution in [0, 0.1) is 0 Å². The van der Waals surface area contributed by atoms with Crippen LogP contribution in [0.25, 0.3) is 0 Å². The van der Waals surface area contributed by atoms with Gasteiger partial charge in [0.05, 0.1) is 32.7 Å². The van der Waals surface area contributed by atoms with E-state index in [0.29, 0.717) is 29.5 Å². The van der Waals surface area contributed by atoms with Crippen molar-refractivity contribution in [3.8, 4) is 17.2 Å². The molecule has 0 spiro atoms. The summed E-state index contributed by atoms with van der Waals surface area (Å²) in [6.45, 7) is 2.57. The van der Waals surface area contributed by atoms with Crippen molar-refractivity contribution in [1.29, 1.82) is 0 Å². The van der Waals surface area contributed by atoms with Crippen LogP contribution in [0.15, 0.2) is 60.8 Å². The molecule has 1 heterocycles. The van der Waals surface area contributed by atoms with E-state index in [1.54, 1.807) is 50.7 Å². The van der Waals surface area contributed by atoms with Crippen molar-refractivity contribution in [3.63, 3.8) is 0 Å². The molecule has 3 aromatic rings. The lowest BCUT2D eigenvalue weighted by Gasteiger charge is -2.11. The van der Waals surface area contributed by atoms with Crippen molar-refractivity contribution in [2.75, 3.05) is 31.5 Å². The number of hydrogen-bond acceptors (Lipinski definition) is 6. The summed E-state index contributed by atoms with van der Waals surface area (Å²) in [4.78, 5) is 16.7. The second kappa shape index (κ2) is 9.45. The fourth-order valence-corrected chi connectivity index (χ4v) is 2.68. The number of amides is 1. The molecule has 7 nitrogen and oxygen atoms in total. The molecule has 29 heavy (non-hydrogen) atoms. The Bertz CT molecular complexity index is 957. The Kier molecular flexibility index (Phi) is 6.52. The second-order valence-electron chi connectivity index (χ2n) is 6.04. The van der Waals surface area contributed by atoms with Crippen molar-refractivity contribution >= 4 is 23.0 Å². The maximum Gasteiger partial charge on any atom is 0.274 e. The molecule has 1 aromatic heterocycles. The Balaban J connectivity index is 1.64. The Morgan fingerprint density at radius 1 is 0.897 bits per heavy atom. The minimum absolute atomic E-state index is 0.303. The minimum Gasteiger partial charge on any atom is -0.494 e. The lowest BCUT2D eigenvalue weighted by atomic mass is 10.2. The number of pyridine rings is 1. The van der Waals surface area contributed by atoms with Crippen molar-refractivity contribution < 1.29 is 19.0 Å². The number of rotatable bonds is 8. The summed E-state index contributed by atoms with van der Waals surface area (Å²) < 4.78 is 15.9. The number of benzene rings is 2. The summed E-state index contributed by atoms with van der Waals surface area (Å²) in [6.07, 6.45) is 1.61. The maximum atomic E-state index is 12.5. The standard InChI is InChI=1S/C22H23N3O4/c1-4-29-18-9-5-15(6-10-18)24-17-7-11-19(23-14-17)22(26)25-16-8-12-20(27-2)21(13-16)28-3/h5-14,24H,4H2,1-3H3,(H,25,26). The highest BCUT2D eigenvalue weighted by Gasteiger charge is 2.10. The summed E-state index contributed by atoms with van der Waals surface area (Å²) in [5.41, 5.74) is 2.57. The van der Waals surface area contributed by atoms with Crippen molar-refractivity contribution in [2.24, 2.45) is 0 Å². The van der Waals surface area contributed by atoms with Crippen LogP contribution in [0.4, 0.5) is 17.1 Å². The predicted octanol–water partition coefficient (Wildman–Crippen LogP) is 4.49. The van der Waals surface area contributed by atoms with Gasteiger partial charge in [-0.25, -0.2) is 4.98 Å². The summed E-state index contributed by atoms with van der Waals surface area (Å²) >= 11 is 0. The van der Waals surface area contributed by atoms with Gasteiger partial charge in [0.1, 0.15) is 11.4 Å². The molecule has 0 fully saturated rings. The molecular formula is C22H23N3O4. The molecule has 0 saturated heterocycles. The van der Waals surface area contributed by atoms with E-state index in [1.165, 1.54) is 0 Å². The van der Waals surface area contributed by atoms with Gasteiger partial charge in [0.2, 0.25) is 0 Å². The predicted molar refractivity (Wildman–Crippen MR) is 113 cm³/mol. The molecule has 0 atom stereocenters. The summed E-state index contributed by atoms with van der Waals surface area (Å²) in [6, 6.07) is 16.2. The number of aromatic nitrogens is 1. The number of methoxy groups -OCH3 is 2. The largest absolute Gasteiger partial charge is 0.494 e. The Hall–Kier alpha value is -3.74. The van der Waals surface area contributed by atoms with Gasteiger partial charge in [-0.3, -0.25) is 4.79 Å². The summed E-state index contributed by atoms with van der Waals surface area (Å²) in [5, 5.41) is 6.04. The van der Waals surface area contributed by atoms with Gasteiger partial charge in [-0.2, -0.15) is 0 Å². The van der Waals surface area contributed by atoms with Crippen LogP contribution < -0.4 is 24.8 Å². The smallest absolute Gasteiger partial charge is 0.274 e. The molecule has 0 aliphatic carbocycles. The molecule has 0 aliphatic heterocycles. The fraction of sp³-hybridized carbons (Fsp3) is 0.182. The maximum absolute atomic E-state index is 12.5. The van der Waals surface area contributed by atoms with Gasteiger partial charge in [-0.15, -0.1) is 0 Å². The van der Waals surface area contributed by atoms with Crippen molar-refractivity contribution in [1.82, 2.24) is 4.98 Å². The van der Waals surface area contributed by atoms with Crippen LogP contribution >= 0.6 is 0 Å². The average molecular weight is 393 g/mol. The molecule has 0 bridgehead atoms. The van der Waals surface area contributed by atoms with E-state index in [2.05, 4.69) is 15.6 Å². The molecule has 0 saturated carbocycles. The summed E-state index contributed by atoms with van der Waals surface area (Å²) in [7, 11) is 3.10. The zero-order valence-electron chi connectivity index (χ0n) is 16.6. The number of nitrogens with one attached hydrogen (secondary N) is 2. The van der Waals surface area contributed by atoms with Gasteiger partial charge in [0.25, 0.3) is 5.91 Å². The molecule has 7 heteroatoms. The first kappa shape index (κ1) is 20.0. The highest BCUT2D eigenvalue weighted by molar-refractivity contribution is 6.03. The third-order valence-electron chi connectivity index (χ3n) is 4.09. The van der Waals surface area contributed by atoms with Crippen LogP contribution in [0.5, 0.6) is 17.2 Å². The first-order valence-corrected chi connectivity index (χ1v) is 9.12. The third kappa shape index (κ3) is 5.16. The number of hydrogen-bond donors (Lipinski definition) is 2. The van der Waals surface area contributed by atoms with E-state index in [1.807, 2.05) is 31.2 Å². The van der Waals surface area contributed by atoms with E-state index in [9.17, 15) is 4.79 Å². The van der Waals surface area contributed by atoms with Gasteiger partial charge < -0.3 is 24.8 Å². The molecule has 0 aliphatic rings.